The van der Waals surface area contributed by atoms with E-state index in [-0.39, 0.29) is 0 Å². The summed E-state index contributed by atoms with van der Waals surface area (Å²) >= 11 is 0. The lowest BCUT2D eigenvalue weighted by Gasteiger charge is -2.31. The average molecular weight is 861 g/mol. The molecule has 322 valence electrons. The molecule has 0 saturated carbocycles. The number of benzene rings is 10. The van der Waals surface area contributed by atoms with Gasteiger partial charge in [0.1, 0.15) is 22.7 Å². The number of nitrogens with zero attached hydrogens (tertiary/aromatic N) is 2. The van der Waals surface area contributed by atoms with Crippen LogP contribution in [-0.4, -0.2) is 14.2 Å². The standard InChI is InChI=1S/C60H48N2O4/c1-5-17-37-35-51(61(47-23-9-13-29-55(47)63-3)49-25-15-21-43-41-19-7-11-27-53(41)65-59(43)49)45-34-32-40-38(18-6-2)36-52(46-33-31-39(37)57(45)58(40)46)62(48-24-10-14-30-56(48)64-4)50-26-16-22-44-42-20-8-12-28-54(42)66-60(44)50/h7-16,19-36H,5-6,17-18H2,1-4H3. The fourth-order valence-corrected chi connectivity index (χ4v) is 10.6. The summed E-state index contributed by atoms with van der Waals surface area (Å²) in [6, 6.07) is 60.4. The molecule has 12 aromatic rings. The first-order valence-electron chi connectivity index (χ1n) is 23.0. The number of para-hydroxylation sites is 8. The largest absolute Gasteiger partial charge is 0.495 e. The Balaban J connectivity index is 1.21. The van der Waals surface area contributed by atoms with Gasteiger partial charge in [-0.25, -0.2) is 0 Å². The van der Waals surface area contributed by atoms with Gasteiger partial charge in [-0.1, -0.05) is 136 Å². The topological polar surface area (TPSA) is 51.2 Å². The minimum atomic E-state index is 0.771. The van der Waals surface area contributed by atoms with E-state index in [2.05, 4.69) is 157 Å². The van der Waals surface area contributed by atoms with Crippen molar-refractivity contribution in [2.24, 2.45) is 0 Å². The lowest BCUT2D eigenvalue weighted by molar-refractivity contribution is 0.416. The molecule has 2 heterocycles. The van der Waals surface area contributed by atoms with Gasteiger partial charge in [-0.15, -0.1) is 0 Å². The zero-order chi connectivity index (χ0) is 44.5. The summed E-state index contributed by atoms with van der Waals surface area (Å²) in [7, 11) is 3.50. The molecule has 6 nitrogen and oxygen atoms in total. The molecule has 0 amide bonds. The second-order valence-electron chi connectivity index (χ2n) is 17.2. The Kier molecular flexibility index (Phi) is 9.56. The summed E-state index contributed by atoms with van der Waals surface area (Å²) in [5.41, 5.74) is 11.8. The van der Waals surface area contributed by atoms with Crippen LogP contribution in [0.4, 0.5) is 34.1 Å². The van der Waals surface area contributed by atoms with Crippen LogP contribution in [0.25, 0.3) is 76.2 Å². The van der Waals surface area contributed by atoms with Gasteiger partial charge < -0.3 is 28.1 Å². The first-order chi connectivity index (χ1) is 32.6. The van der Waals surface area contributed by atoms with Crippen LogP contribution in [0.2, 0.25) is 0 Å². The van der Waals surface area contributed by atoms with Crippen molar-refractivity contribution >= 4 is 110 Å². The normalized spacial score (nSPS) is 11.9. The monoisotopic (exact) mass is 860 g/mol. The molecular formula is C60H48N2O4. The maximum absolute atomic E-state index is 6.82. The molecule has 0 fully saturated rings. The second kappa shape index (κ2) is 15.9. The third kappa shape index (κ3) is 6.01. The number of hydrogen-bond donors (Lipinski definition) is 0. The van der Waals surface area contributed by atoms with Crippen LogP contribution in [-0.2, 0) is 12.8 Å². The Labute approximate surface area is 383 Å². The molecule has 2 aromatic heterocycles. The highest BCUT2D eigenvalue weighted by molar-refractivity contribution is 6.30. The summed E-state index contributed by atoms with van der Waals surface area (Å²) in [6.07, 6.45) is 3.80. The highest BCUT2D eigenvalue weighted by Gasteiger charge is 2.29. The summed E-state index contributed by atoms with van der Waals surface area (Å²) < 4.78 is 26.0. The van der Waals surface area contributed by atoms with Crippen LogP contribution in [0.15, 0.2) is 179 Å². The van der Waals surface area contributed by atoms with Gasteiger partial charge in [0, 0.05) is 32.3 Å². The van der Waals surface area contributed by atoms with Gasteiger partial charge in [-0.2, -0.15) is 0 Å². The maximum Gasteiger partial charge on any atom is 0.159 e. The molecule has 0 radical (unpaired) electrons. The Bertz CT molecular complexity index is 3560. The zero-order valence-corrected chi connectivity index (χ0v) is 37.5. The molecule has 0 spiro atoms. The van der Waals surface area contributed by atoms with Crippen LogP contribution < -0.4 is 19.3 Å². The van der Waals surface area contributed by atoms with E-state index < -0.39 is 0 Å². The molecule has 6 heteroatoms. The summed E-state index contributed by atoms with van der Waals surface area (Å²) in [6.45, 7) is 4.54. The van der Waals surface area contributed by atoms with Gasteiger partial charge in [0.15, 0.2) is 11.2 Å². The lowest BCUT2D eigenvalue weighted by Crippen LogP contribution is -2.14. The highest BCUT2D eigenvalue weighted by atomic mass is 16.5. The van der Waals surface area contributed by atoms with Gasteiger partial charge in [-0.3, -0.25) is 0 Å². The van der Waals surface area contributed by atoms with Crippen molar-refractivity contribution < 1.29 is 18.3 Å². The van der Waals surface area contributed by atoms with E-state index in [4.69, 9.17) is 18.3 Å². The van der Waals surface area contributed by atoms with E-state index in [1.807, 2.05) is 36.4 Å². The van der Waals surface area contributed by atoms with Gasteiger partial charge in [0.05, 0.1) is 48.3 Å². The Morgan fingerprint density at radius 2 is 0.742 bits per heavy atom. The molecule has 66 heavy (non-hydrogen) atoms. The average Bonchev–Trinajstić information content (AvgIpc) is 3.95. The van der Waals surface area contributed by atoms with Gasteiger partial charge in [-0.05, 0) is 106 Å². The van der Waals surface area contributed by atoms with Crippen LogP contribution in [0.5, 0.6) is 11.5 Å². The van der Waals surface area contributed by atoms with E-state index in [9.17, 15) is 0 Å². The van der Waals surface area contributed by atoms with E-state index in [0.717, 1.165) is 126 Å². The first kappa shape index (κ1) is 39.6. The molecule has 0 N–H and O–H groups in total. The summed E-state index contributed by atoms with van der Waals surface area (Å²) in [5.74, 6) is 1.54. The van der Waals surface area contributed by atoms with Crippen molar-refractivity contribution in [1.82, 2.24) is 0 Å². The highest BCUT2D eigenvalue weighted by Crippen LogP contribution is 2.53. The predicted molar refractivity (Wildman–Crippen MR) is 275 cm³/mol. The van der Waals surface area contributed by atoms with E-state index in [1.54, 1.807) is 14.2 Å². The summed E-state index contributed by atoms with van der Waals surface area (Å²) in [4.78, 5) is 4.73. The Hall–Kier alpha value is -7.96. The van der Waals surface area contributed by atoms with Crippen LogP contribution in [0.1, 0.15) is 37.8 Å². The van der Waals surface area contributed by atoms with E-state index >= 15 is 0 Å². The molecule has 10 aromatic carbocycles. The van der Waals surface area contributed by atoms with E-state index in [1.165, 1.54) is 32.7 Å². The number of fused-ring (bicyclic) bond motifs is 6. The van der Waals surface area contributed by atoms with Gasteiger partial charge in [0.25, 0.3) is 0 Å². The molecule has 0 aliphatic heterocycles. The van der Waals surface area contributed by atoms with Crippen molar-refractivity contribution in [2.75, 3.05) is 24.0 Å². The fraction of sp³-hybridized carbons (Fsp3) is 0.133. The van der Waals surface area contributed by atoms with Crippen LogP contribution in [0, 0.1) is 0 Å². The van der Waals surface area contributed by atoms with Crippen molar-refractivity contribution in [3.63, 3.8) is 0 Å². The molecule has 12 rings (SSSR count). The van der Waals surface area contributed by atoms with Crippen molar-refractivity contribution in [1.29, 1.82) is 0 Å². The minimum absolute atomic E-state index is 0.771. The zero-order valence-electron chi connectivity index (χ0n) is 37.5. The van der Waals surface area contributed by atoms with Crippen molar-refractivity contribution in [3.05, 3.63) is 181 Å². The molecule has 0 atom stereocenters. The molecule has 0 aliphatic carbocycles. The lowest BCUT2D eigenvalue weighted by atomic mass is 9.86. The third-order valence-corrected chi connectivity index (χ3v) is 13.4. The molecule has 0 aliphatic rings. The van der Waals surface area contributed by atoms with Crippen molar-refractivity contribution in [3.8, 4) is 11.5 Å². The number of ether oxygens (including phenoxy) is 2. The second-order valence-corrected chi connectivity index (χ2v) is 17.2. The summed E-state index contributed by atoms with van der Waals surface area (Å²) in [5, 5.41) is 11.6. The van der Waals surface area contributed by atoms with Gasteiger partial charge in [0.2, 0.25) is 0 Å². The Morgan fingerprint density at radius 3 is 1.18 bits per heavy atom. The molecule has 0 bridgehead atoms. The fourth-order valence-electron chi connectivity index (χ4n) is 10.6. The third-order valence-electron chi connectivity index (χ3n) is 13.4. The van der Waals surface area contributed by atoms with E-state index in [0.29, 0.717) is 0 Å². The smallest absolute Gasteiger partial charge is 0.159 e. The number of methoxy groups -OCH3 is 2. The number of aryl methyl sites for hydroxylation is 2. The SMILES string of the molecule is CCCc1cc(N(c2ccccc2OC)c2cccc3c2oc2ccccc23)c2ccc3c(CCC)cc(N(c4ccccc4OC)c4cccc5c4oc4ccccc45)c4ccc1c2c34. The molecule has 0 saturated heterocycles. The van der Waals surface area contributed by atoms with Crippen molar-refractivity contribution in [2.45, 2.75) is 39.5 Å². The van der Waals surface area contributed by atoms with Crippen LogP contribution >= 0.6 is 0 Å². The predicted octanol–water partition coefficient (Wildman–Crippen LogP) is 17.2. The Morgan fingerprint density at radius 1 is 0.364 bits per heavy atom. The van der Waals surface area contributed by atoms with Gasteiger partial charge >= 0.3 is 0 Å². The maximum atomic E-state index is 6.82. The first-order valence-corrected chi connectivity index (χ1v) is 23.0. The van der Waals surface area contributed by atoms with Crippen LogP contribution in [0.3, 0.4) is 0 Å². The number of anilines is 6. The molecule has 0 unspecified atom stereocenters. The minimum Gasteiger partial charge on any atom is -0.495 e. The molecular weight excluding hydrogens is 813 g/mol. The quantitative estimate of drug-likeness (QED) is 0.114. The number of furan rings is 2. The number of rotatable bonds is 12. The number of hydrogen-bond acceptors (Lipinski definition) is 6.